The first-order valence-electron chi connectivity index (χ1n) is 6.56. The molecule has 0 radical (unpaired) electrons. The minimum Gasteiger partial charge on any atom is -0.415 e. The number of aliphatic hydroxyl groups excluding tert-OH is 1. The summed E-state index contributed by atoms with van der Waals surface area (Å²) in [7, 11) is -1.67. The summed E-state index contributed by atoms with van der Waals surface area (Å²) in [5.41, 5.74) is 0.711. The van der Waals surface area contributed by atoms with E-state index in [0.717, 1.165) is 0 Å². The van der Waals surface area contributed by atoms with E-state index in [9.17, 15) is 0 Å². The highest BCUT2D eigenvalue weighted by Crippen LogP contribution is 2.36. The maximum Gasteiger partial charge on any atom is 0.222 e. The number of nitrogens with one attached hydrogen (secondary N) is 1. The molecule has 0 bridgehead atoms. The van der Waals surface area contributed by atoms with Gasteiger partial charge in [-0.1, -0.05) is 20.8 Å². The van der Waals surface area contributed by atoms with Gasteiger partial charge in [-0.3, -0.25) is 0 Å². The van der Waals surface area contributed by atoms with Crippen LogP contribution < -0.4 is 5.32 Å². The lowest BCUT2D eigenvalue weighted by molar-refractivity contribution is 0.281. The molecule has 0 aliphatic carbocycles. The Labute approximate surface area is 116 Å². The van der Waals surface area contributed by atoms with Crippen LogP contribution in [-0.4, -0.2) is 36.5 Å². The highest BCUT2D eigenvalue weighted by atomic mass is 28.4. The molecule has 0 unspecified atom stereocenters. The Bertz CT molecular complexity index is 388. The lowest BCUT2D eigenvalue weighted by atomic mass is 10.2. The molecule has 0 atom stereocenters. The van der Waals surface area contributed by atoms with Gasteiger partial charge in [0.05, 0.1) is 13.2 Å². The number of aliphatic hydroxyl groups is 1. The average Bonchev–Trinajstić information content (AvgIpc) is 2.34. The van der Waals surface area contributed by atoms with Crippen molar-refractivity contribution in [1.82, 2.24) is 9.97 Å². The Morgan fingerprint density at radius 1 is 1.26 bits per heavy atom. The van der Waals surface area contributed by atoms with Gasteiger partial charge in [0, 0.05) is 24.5 Å². The number of aromatic nitrogens is 2. The standard InChI is InChI=1S/C13H25N3O2Si/c1-13(2,3)19(4,5)18-7-6-14-12-15-8-11(10-17)9-16-12/h8-9,17H,6-7,10H2,1-5H3,(H,14,15,16). The van der Waals surface area contributed by atoms with Crippen LogP contribution >= 0.6 is 0 Å². The van der Waals surface area contributed by atoms with E-state index in [-0.39, 0.29) is 11.6 Å². The lowest BCUT2D eigenvalue weighted by Gasteiger charge is -2.36. The zero-order valence-electron chi connectivity index (χ0n) is 12.5. The fourth-order valence-electron chi connectivity index (χ4n) is 1.21. The molecule has 1 heterocycles. The van der Waals surface area contributed by atoms with E-state index in [1.165, 1.54) is 0 Å². The molecular weight excluding hydrogens is 258 g/mol. The van der Waals surface area contributed by atoms with Gasteiger partial charge in [0.2, 0.25) is 5.95 Å². The molecule has 0 saturated heterocycles. The van der Waals surface area contributed by atoms with Crippen molar-refractivity contribution >= 4 is 14.3 Å². The molecule has 108 valence electrons. The van der Waals surface area contributed by atoms with Crippen LogP contribution in [0.3, 0.4) is 0 Å². The van der Waals surface area contributed by atoms with Gasteiger partial charge in [0.25, 0.3) is 0 Å². The van der Waals surface area contributed by atoms with E-state index in [4.69, 9.17) is 9.53 Å². The van der Waals surface area contributed by atoms with Crippen molar-refractivity contribution < 1.29 is 9.53 Å². The summed E-state index contributed by atoms with van der Waals surface area (Å²) in [4.78, 5) is 8.21. The summed E-state index contributed by atoms with van der Waals surface area (Å²) in [5, 5.41) is 12.2. The van der Waals surface area contributed by atoms with Crippen LogP contribution in [0.5, 0.6) is 0 Å². The first kappa shape index (κ1) is 16.1. The molecular formula is C13H25N3O2Si. The van der Waals surface area contributed by atoms with Gasteiger partial charge < -0.3 is 14.8 Å². The molecule has 6 heteroatoms. The first-order valence-corrected chi connectivity index (χ1v) is 9.47. The molecule has 2 N–H and O–H groups in total. The number of anilines is 1. The molecule has 1 rings (SSSR count). The Balaban J connectivity index is 2.34. The third-order valence-corrected chi connectivity index (χ3v) is 8.08. The monoisotopic (exact) mass is 283 g/mol. The Morgan fingerprint density at radius 2 is 1.84 bits per heavy atom. The largest absolute Gasteiger partial charge is 0.415 e. The Hall–Kier alpha value is -0.983. The van der Waals surface area contributed by atoms with Gasteiger partial charge in [-0.15, -0.1) is 0 Å². The second kappa shape index (κ2) is 6.45. The quantitative estimate of drug-likeness (QED) is 0.620. The van der Waals surface area contributed by atoms with Crippen molar-refractivity contribution in [3.8, 4) is 0 Å². The number of hydrogen-bond donors (Lipinski definition) is 2. The van der Waals surface area contributed by atoms with E-state index in [2.05, 4.69) is 49.1 Å². The zero-order valence-corrected chi connectivity index (χ0v) is 13.5. The summed E-state index contributed by atoms with van der Waals surface area (Å²) in [5.74, 6) is 0.566. The Kier molecular flexibility index (Phi) is 5.46. The molecule has 0 aromatic carbocycles. The first-order chi connectivity index (χ1) is 8.76. The van der Waals surface area contributed by atoms with E-state index in [1.54, 1.807) is 12.4 Å². The SMILES string of the molecule is CC(C)(C)[Si](C)(C)OCCNc1ncc(CO)cn1. The maximum absolute atomic E-state index is 8.89. The van der Waals surface area contributed by atoms with Crippen molar-refractivity contribution in [3.05, 3.63) is 18.0 Å². The second-order valence-electron chi connectivity index (χ2n) is 6.11. The molecule has 0 aliphatic rings. The molecule has 1 aromatic heterocycles. The van der Waals surface area contributed by atoms with Crippen LogP contribution in [0.2, 0.25) is 18.1 Å². The van der Waals surface area contributed by atoms with Crippen molar-refractivity contribution in [3.63, 3.8) is 0 Å². The van der Waals surface area contributed by atoms with Gasteiger partial charge in [0.15, 0.2) is 8.32 Å². The molecule has 1 aromatic rings. The summed E-state index contributed by atoms with van der Waals surface area (Å²) >= 11 is 0. The topological polar surface area (TPSA) is 67.3 Å². The highest BCUT2D eigenvalue weighted by molar-refractivity contribution is 6.74. The van der Waals surface area contributed by atoms with Crippen molar-refractivity contribution in [2.45, 2.75) is 45.5 Å². The summed E-state index contributed by atoms with van der Waals surface area (Å²) < 4.78 is 6.04. The van der Waals surface area contributed by atoms with Crippen molar-refractivity contribution in [2.24, 2.45) is 0 Å². The van der Waals surface area contributed by atoms with Crippen LogP contribution in [0.25, 0.3) is 0 Å². The van der Waals surface area contributed by atoms with E-state index < -0.39 is 8.32 Å². The van der Waals surface area contributed by atoms with Crippen LogP contribution in [0.1, 0.15) is 26.3 Å². The molecule has 0 aliphatic heterocycles. The van der Waals surface area contributed by atoms with Gasteiger partial charge in [-0.25, -0.2) is 9.97 Å². The molecule has 0 amide bonds. The zero-order chi connectivity index (χ0) is 14.5. The highest BCUT2D eigenvalue weighted by Gasteiger charge is 2.36. The van der Waals surface area contributed by atoms with Crippen molar-refractivity contribution in [2.75, 3.05) is 18.5 Å². The van der Waals surface area contributed by atoms with E-state index in [1.807, 2.05) is 0 Å². The second-order valence-corrected chi connectivity index (χ2v) is 10.9. The number of nitrogens with zero attached hydrogens (tertiary/aromatic N) is 2. The minimum absolute atomic E-state index is 0.0330. The molecule has 0 spiro atoms. The van der Waals surface area contributed by atoms with Gasteiger partial charge in [-0.05, 0) is 18.1 Å². The molecule has 0 fully saturated rings. The predicted molar refractivity (Wildman–Crippen MR) is 79.6 cm³/mol. The summed E-state index contributed by atoms with van der Waals surface area (Å²) in [6, 6.07) is 0. The normalized spacial score (nSPS) is 12.5. The van der Waals surface area contributed by atoms with Gasteiger partial charge in [-0.2, -0.15) is 0 Å². The summed E-state index contributed by atoms with van der Waals surface area (Å²) in [6.45, 7) is 12.5. The van der Waals surface area contributed by atoms with Crippen LogP contribution in [0.15, 0.2) is 12.4 Å². The number of hydrogen-bond acceptors (Lipinski definition) is 5. The summed E-state index contributed by atoms with van der Waals surface area (Å²) in [6.07, 6.45) is 3.23. The van der Waals surface area contributed by atoms with Crippen LogP contribution in [0, 0.1) is 0 Å². The third kappa shape index (κ3) is 4.89. The molecule has 5 nitrogen and oxygen atoms in total. The number of rotatable bonds is 6. The smallest absolute Gasteiger partial charge is 0.222 e. The van der Waals surface area contributed by atoms with E-state index >= 15 is 0 Å². The third-order valence-electron chi connectivity index (χ3n) is 3.54. The molecule has 19 heavy (non-hydrogen) atoms. The van der Waals surface area contributed by atoms with Gasteiger partial charge in [0.1, 0.15) is 0 Å². The molecule has 0 saturated carbocycles. The van der Waals surface area contributed by atoms with Crippen molar-refractivity contribution in [1.29, 1.82) is 0 Å². The average molecular weight is 283 g/mol. The van der Waals surface area contributed by atoms with Crippen LogP contribution in [0.4, 0.5) is 5.95 Å². The predicted octanol–water partition coefficient (Wildman–Crippen LogP) is 2.40. The maximum atomic E-state index is 8.89. The fourth-order valence-corrected chi connectivity index (χ4v) is 2.26. The van der Waals surface area contributed by atoms with Crippen LogP contribution in [-0.2, 0) is 11.0 Å². The van der Waals surface area contributed by atoms with Gasteiger partial charge >= 0.3 is 0 Å². The lowest BCUT2D eigenvalue weighted by Crippen LogP contribution is -2.41. The minimum atomic E-state index is -1.67. The fraction of sp³-hybridized carbons (Fsp3) is 0.692. The Morgan fingerprint density at radius 3 is 2.32 bits per heavy atom. The van der Waals surface area contributed by atoms with E-state index in [0.29, 0.717) is 24.7 Å².